The first-order valence-electron chi connectivity index (χ1n) is 4.05. The van der Waals surface area contributed by atoms with Crippen molar-refractivity contribution in [3.05, 3.63) is 23.8 Å². The molecule has 2 heteroatoms. The van der Waals surface area contributed by atoms with Crippen molar-refractivity contribution >= 4 is 6.29 Å². The van der Waals surface area contributed by atoms with Crippen LogP contribution < -0.4 is 0 Å². The Balaban J connectivity index is 3.87. The maximum atomic E-state index is 9.93. The second kappa shape index (κ2) is 7.74. The summed E-state index contributed by atoms with van der Waals surface area (Å²) >= 11 is 0. The van der Waals surface area contributed by atoms with Gasteiger partial charge < -0.3 is 4.79 Å². The molecule has 0 aromatic rings. The van der Waals surface area contributed by atoms with Crippen molar-refractivity contribution in [3.8, 4) is 6.07 Å². The van der Waals surface area contributed by atoms with Crippen molar-refractivity contribution in [2.75, 3.05) is 0 Å². The summed E-state index contributed by atoms with van der Waals surface area (Å²) < 4.78 is 0. The van der Waals surface area contributed by atoms with E-state index < -0.39 is 0 Å². The number of aldehydes is 1. The molecule has 12 heavy (non-hydrogen) atoms. The fourth-order valence-electron chi connectivity index (χ4n) is 0.745. The molecule has 0 bridgehead atoms. The van der Waals surface area contributed by atoms with E-state index in [1.54, 1.807) is 6.08 Å². The van der Waals surface area contributed by atoms with E-state index in [4.69, 9.17) is 5.26 Å². The van der Waals surface area contributed by atoms with Crippen molar-refractivity contribution in [3.63, 3.8) is 0 Å². The average molecular weight is 163 g/mol. The highest BCUT2D eigenvalue weighted by atomic mass is 16.1. The zero-order valence-corrected chi connectivity index (χ0v) is 7.29. The van der Waals surface area contributed by atoms with Gasteiger partial charge in [-0.1, -0.05) is 19.1 Å². The summed E-state index contributed by atoms with van der Waals surface area (Å²) in [5.41, 5.74) is 0.670. The van der Waals surface area contributed by atoms with Gasteiger partial charge in [0, 0.05) is 12.0 Å². The van der Waals surface area contributed by atoms with E-state index in [0.717, 1.165) is 12.7 Å². The molecule has 0 fully saturated rings. The average Bonchev–Trinajstić information content (AvgIpc) is 2.10. The van der Waals surface area contributed by atoms with E-state index in [-0.39, 0.29) is 0 Å². The number of unbranched alkanes of at least 4 members (excludes halogenated alkanes) is 1. The lowest BCUT2D eigenvalue weighted by atomic mass is 10.2. The van der Waals surface area contributed by atoms with Crippen LogP contribution in [-0.2, 0) is 4.79 Å². The third-order valence-electron chi connectivity index (χ3n) is 1.30. The van der Waals surface area contributed by atoms with Gasteiger partial charge >= 0.3 is 0 Å². The summed E-state index contributed by atoms with van der Waals surface area (Å²) in [6.45, 7) is 1.98. The second-order valence-electron chi connectivity index (χ2n) is 2.33. The molecule has 0 saturated heterocycles. The van der Waals surface area contributed by atoms with Crippen LogP contribution in [-0.4, -0.2) is 6.29 Å². The van der Waals surface area contributed by atoms with Gasteiger partial charge in [0.05, 0.1) is 6.07 Å². The van der Waals surface area contributed by atoms with Gasteiger partial charge in [0.25, 0.3) is 0 Å². The van der Waals surface area contributed by atoms with Crippen LogP contribution in [0.4, 0.5) is 0 Å². The second-order valence-corrected chi connectivity index (χ2v) is 2.33. The van der Waals surface area contributed by atoms with E-state index in [0.29, 0.717) is 18.4 Å². The Hall–Kier alpha value is -1.36. The number of rotatable bonds is 5. The number of carbonyl (C=O) groups is 1. The molecule has 0 rings (SSSR count). The van der Waals surface area contributed by atoms with Crippen LogP contribution in [0.5, 0.6) is 0 Å². The fraction of sp³-hybridized carbons (Fsp3) is 0.400. The van der Waals surface area contributed by atoms with E-state index in [2.05, 4.69) is 6.07 Å². The summed E-state index contributed by atoms with van der Waals surface area (Å²) in [7, 11) is 0. The van der Waals surface area contributed by atoms with Crippen LogP contribution >= 0.6 is 0 Å². The van der Waals surface area contributed by atoms with Gasteiger partial charge in [-0.15, -0.1) is 0 Å². The SMILES string of the molecule is CCC=C(C#N)C=CCCC=O. The van der Waals surface area contributed by atoms with Gasteiger partial charge in [0.15, 0.2) is 0 Å². The predicted molar refractivity (Wildman–Crippen MR) is 48.4 cm³/mol. The summed E-state index contributed by atoms with van der Waals surface area (Å²) in [5, 5.41) is 8.57. The molecular weight excluding hydrogens is 150 g/mol. The molecule has 0 aliphatic rings. The van der Waals surface area contributed by atoms with Crippen LogP contribution in [0.1, 0.15) is 26.2 Å². The Morgan fingerprint density at radius 3 is 2.75 bits per heavy atom. The zero-order valence-electron chi connectivity index (χ0n) is 7.29. The Kier molecular flexibility index (Phi) is 6.87. The Morgan fingerprint density at radius 2 is 2.25 bits per heavy atom. The van der Waals surface area contributed by atoms with E-state index in [1.165, 1.54) is 0 Å². The molecule has 0 N–H and O–H groups in total. The lowest BCUT2D eigenvalue weighted by molar-refractivity contribution is -0.107. The van der Waals surface area contributed by atoms with Gasteiger partial charge in [0.2, 0.25) is 0 Å². The van der Waals surface area contributed by atoms with Crippen molar-refractivity contribution < 1.29 is 4.79 Å². The number of hydrogen-bond acceptors (Lipinski definition) is 2. The maximum absolute atomic E-state index is 9.93. The van der Waals surface area contributed by atoms with Crippen molar-refractivity contribution in [2.24, 2.45) is 0 Å². The normalized spacial score (nSPS) is 11.5. The third-order valence-corrected chi connectivity index (χ3v) is 1.30. The van der Waals surface area contributed by atoms with Crippen molar-refractivity contribution in [2.45, 2.75) is 26.2 Å². The molecule has 2 nitrogen and oxygen atoms in total. The number of nitrogens with zero attached hydrogens (tertiary/aromatic N) is 1. The number of nitriles is 1. The minimum atomic E-state index is 0.529. The molecule has 0 spiro atoms. The molecule has 0 radical (unpaired) electrons. The number of carbonyl (C=O) groups excluding carboxylic acids is 1. The Bertz CT molecular complexity index is 220. The van der Waals surface area contributed by atoms with Gasteiger partial charge in [-0.2, -0.15) is 5.26 Å². The van der Waals surface area contributed by atoms with Crippen molar-refractivity contribution in [1.29, 1.82) is 5.26 Å². The summed E-state index contributed by atoms with van der Waals surface area (Å²) in [6, 6.07) is 2.07. The third kappa shape index (κ3) is 5.43. The molecule has 0 heterocycles. The molecular formula is C10H13NO. The lowest BCUT2D eigenvalue weighted by Crippen LogP contribution is -1.74. The molecule has 0 aliphatic carbocycles. The molecule has 0 saturated carbocycles. The largest absolute Gasteiger partial charge is 0.303 e. The Morgan fingerprint density at radius 1 is 1.50 bits per heavy atom. The molecule has 0 aliphatic heterocycles. The fourth-order valence-corrected chi connectivity index (χ4v) is 0.745. The monoisotopic (exact) mass is 163 g/mol. The lowest BCUT2D eigenvalue weighted by Gasteiger charge is -1.86. The van der Waals surface area contributed by atoms with Crippen LogP contribution in [0.15, 0.2) is 23.8 Å². The van der Waals surface area contributed by atoms with E-state index in [1.807, 2.05) is 19.1 Å². The first-order valence-corrected chi connectivity index (χ1v) is 4.05. The van der Waals surface area contributed by atoms with E-state index in [9.17, 15) is 4.79 Å². The van der Waals surface area contributed by atoms with Crippen LogP contribution in [0.3, 0.4) is 0 Å². The minimum Gasteiger partial charge on any atom is -0.303 e. The quantitative estimate of drug-likeness (QED) is 0.270. The smallest absolute Gasteiger partial charge is 0.120 e. The first-order chi connectivity index (χ1) is 5.85. The molecule has 0 unspecified atom stereocenters. The number of allylic oxidation sites excluding steroid dienone is 4. The Labute approximate surface area is 73.2 Å². The molecule has 0 aromatic heterocycles. The van der Waals surface area contributed by atoms with Crippen molar-refractivity contribution in [1.82, 2.24) is 0 Å². The topological polar surface area (TPSA) is 40.9 Å². The molecule has 0 atom stereocenters. The van der Waals surface area contributed by atoms with Crippen LogP contribution in [0.2, 0.25) is 0 Å². The summed E-state index contributed by atoms with van der Waals surface area (Å²) in [6.07, 6.45) is 8.44. The van der Waals surface area contributed by atoms with E-state index >= 15 is 0 Å². The van der Waals surface area contributed by atoms with Gasteiger partial charge in [-0.05, 0) is 18.9 Å². The summed E-state index contributed by atoms with van der Waals surface area (Å²) in [5.74, 6) is 0. The standard InChI is InChI=1S/C10H13NO/c1-2-6-10(9-11)7-4-3-5-8-12/h4,6-8H,2-3,5H2,1H3. The predicted octanol–water partition coefficient (Wildman–Crippen LogP) is 2.38. The van der Waals surface area contributed by atoms with Gasteiger partial charge in [-0.25, -0.2) is 0 Å². The zero-order chi connectivity index (χ0) is 9.23. The highest BCUT2D eigenvalue weighted by molar-refractivity contribution is 5.49. The minimum absolute atomic E-state index is 0.529. The molecule has 64 valence electrons. The highest BCUT2D eigenvalue weighted by Gasteiger charge is 1.85. The van der Waals surface area contributed by atoms with Gasteiger partial charge in [0.1, 0.15) is 6.29 Å². The first kappa shape index (κ1) is 10.6. The highest BCUT2D eigenvalue weighted by Crippen LogP contribution is 1.98. The van der Waals surface area contributed by atoms with Gasteiger partial charge in [-0.3, -0.25) is 0 Å². The maximum Gasteiger partial charge on any atom is 0.120 e. The van der Waals surface area contributed by atoms with Crippen LogP contribution in [0.25, 0.3) is 0 Å². The summed E-state index contributed by atoms with van der Waals surface area (Å²) in [4.78, 5) is 9.93. The van der Waals surface area contributed by atoms with Crippen LogP contribution in [0, 0.1) is 11.3 Å². The number of hydrogen-bond donors (Lipinski definition) is 0. The molecule has 0 amide bonds. The molecule has 0 aromatic carbocycles.